The first kappa shape index (κ1) is 18.4. The molecule has 5 nitrogen and oxygen atoms in total. The number of hydrogen-bond acceptors (Lipinski definition) is 4. The molecular weight excluding hydrogens is 370 g/mol. The number of thiazole rings is 1. The quantitative estimate of drug-likeness (QED) is 0.710. The average molecular weight is 391 g/mol. The van der Waals surface area contributed by atoms with Crippen LogP contribution in [0, 0.1) is 13.8 Å². The van der Waals surface area contributed by atoms with Gasteiger partial charge in [-0.25, -0.2) is 4.98 Å². The molecule has 2 heterocycles. The van der Waals surface area contributed by atoms with Gasteiger partial charge in [0, 0.05) is 41.4 Å². The van der Waals surface area contributed by atoms with E-state index in [1.165, 1.54) is 6.92 Å². The Kier molecular flexibility index (Phi) is 4.73. The van der Waals surface area contributed by atoms with Gasteiger partial charge in [0.1, 0.15) is 0 Å². The fourth-order valence-electron chi connectivity index (χ4n) is 3.50. The highest BCUT2D eigenvalue weighted by molar-refractivity contribution is 7.09. The largest absolute Gasteiger partial charge is 0.326 e. The maximum absolute atomic E-state index is 13.1. The van der Waals surface area contributed by atoms with Gasteiger partial charge in [0.2, 0.25) is 5.91 Å². The molecule has 0 atom stereocenters. The van der Waals surface area contributed by atoms with Crippen LogP contribution < -0.4 is 10.2 Å². The monoisotopic (exact) mass is 391 g/mol. The molecule has 6 heteroatoms. The van der Waals surface area contributed by atoms with Gasteiger partial charge in [-0.05, 0) is 55.7 Å². The van der Waals surface area contributed by atoms with Crippen LogP contribution in [0.15, 0.2) is 41.8 Å². The van der Waals surface area contributed by atoms with Gasteiger partial charge in [0.05, 0.1) is 10.7 Å². The number of hydrogen-bond donors (Lipinski definition) is 1. The average Bonchev–Trinajstić information content (AvgIpc) is 3.28. The van der Waals surface area contributed by atoms with Crippen LogP contribution in [0.25, 0.3) is 11.3 Å². The third-order valence-electron chi connectivity index (χ3n) is 4.93. The molecular formula is C22H21N3O2S. The number of benzene rings is 2. The minimum absolute atomic E-state index is 0.0531. The third kappa shape index (κ3) is 3.43. The predicted octanol–water partition coefficient (Wildman–Crippen LogP) is 4.59. The summed E-state index contributed by atoms with van der Waals surface area (Å²) >= 11 is 1.64. The summed E-state index contributed by atoms with van der Waals surface area (Å²) < 4.78 is 0. The number of carbonyl (C=O) groups excluding carboxylic acids is 2. The van der Waals surface area contributed by atoms with Crippen molar-refractivity contribution in [1.29, 1.82) is 0 Å². The van der Waals surface area contributed by atoms with Crippen molar-refractivity contribution in [3.8, 4) is 11.3 Å². The van der Waals surface area contributed by atoms with Crippen molar-refractivity contribution >= 4 is 34.5 Å². The van der Waals surface area contributed by atoms with Gasteiger partial charge < -0.3 is 10.2 Å². The molecule has 0 saturated carbocycles. The Balaban J connectivity index is 1.62. The van der Waals surface area contributed by atoms with Gasteiger partial charge in [-0.3, -0.25) is 9.59 Å². The topological polar surface area (TPSA) is 62.3 Å². The predicted molar refractivity (Wildman–Crippen MR) is 113 cm³/mol. The standard InChI is InChI=1S/C22H21N3O2S/c1-13-4-5-18(11-19(13)23-14(2)26)22(27)25-9-8-17-10-16(6-7-21(17)25)20-12-28-15(3)24-20/h4-7,10-12H,8-9H2,1-3H3,(H,23,26). The van der Waals surface area contributed by atoms with Crippen LogP contribution in [0.1, 0.15) is 33.4 Å². The fourth-order valence-corrected chi connectivity index (χ4v) is 4.13. The van der Waals surface area contributed by atoms with Crippen LogP contribution in [-0.4, -0.2) is 23.3 Å². The maximum atomic E-state index is 13.1. The van der Waals surface area contributed by atoms with Gasteiger partial charge in [-0.2, -0.15) is 0 Å². The smallest absolute Gasteiger partial charge is 0.258 e. The third-order valence-corrected chi connectivity index (χ3v) is 5.70. The van der Waals surface area contributed by atoms with Crippen LogP contribution in [0.3, 0.4) is 0 Å². The zero-order chi connectivity index (χ0) is 19.8. The van der Waals surface area contributed by atoms with Crippen LogP contribution in [0.5, 0.6) is 0 Å². The van der Waals surface area contributed by atoms with Crippen molar-refractivity contribution < 1.29 is 9.59 Å². The number of aryl methyl sites for hydroxylation is 2. The Morgan fingerprint density at radius 3 is 2.68 bits per heavy atom. The minimum Gasteiger partial charge on any atom is -0.326 e. The van der Waals surface area contributed by atoms with E-state index in [2.05, 4.69) is 21.7 Å². The lowest BCUT2D eigenvalue weighted by Crippen LogP contribution is -2.29. The van der Waals surface area contributed by atoms with E-state index in [-0.39, 0.29) is 11.8 Å². The number of rotatable bonds is 3. The molecule has 28 heavy (non-hydrogen) atoms. The zero-order valence-electron chi connectivity index (χ0n) is 16.1. The first-order valence-corrected chi connectivity index (χ1v) is 10.1. The molecule has 0 unspecified atom stereocenters. The summed E-state index contributed by atoms with van der Waals surface area (Å²) in [5.74, 6) is -0.202. The lowest BCUT2D eigenvalue weighted by molar-refractivity contribution is -0.114. The van der Waals surface area contributed by atoms with Gasteiger partial charge in [-0.15, -0.1) is 11.3 Å². The van der Waals surface area contributed by atoms with Crippen LogP contribution in [0.4, 0.5) is 11.4 Å². The second-order valence-electron chi connectivity index (χ2n) is 7.01. The van der Waals surface area contributed by atoms with Crippen LogP contribution in [0.2, 0.25) is 0 Å². The molecule has 0 radical (unpaired) electrons. The summed E-state index contributed by atoms with van der Waals surface area (Å²) in [5.41, 5.74) is 6.34. The molecule has 0 spiro atoms. The second-order valence-corrected chi connectivity index (χ2v) is 8.08. The van der Waals surface area contributed by atoms with Gasteiger partial charge in [-0.1, -0.05) is 12.1 Å². The van der Waals surface area contributed by atoms with E-state index in [9.17, 15) is 9.59 Å². The van der Waals surface area contributed by atoms with E-state index in [4.69, 9.17) is 0 Å². The van der Waals surface area contributed by atoms with Crippen LogP contribution >= 0.6 is 11.3 Å². The Morgan fingerprint density at radius 1 is 1.14 bits per heavy atom. The van der Waals surface area contributed by atoms with E-state index in [1.54, 1.807) is 17.4 Å². The maximum Gasteiger partial charge on any atom is 0.258 e. The second kappa shape index (κ2) is 7.20. The number of carbonyl (C=O) groups is 2. The normalized spacial score (nSPS) is 12.8. The molecule has 2 aromatic carbocycles. The summed E-state index contributed by atoms with van der Waals surface area (Å²) in [6.45, 7) is 6.02. The summed E-state index contributed by atoms with van der Waals surface area (Å²) in [7, 11) is 0. The van der Waals surface area contributed by atoms with Crippen molar-refractivity contribution in [1.82, 2.24) is 4.98 Å². The van der Waals surface area contributed by atoms with E-state index in [0.29, 0.717) is 17.8 Å². The first-order chi connectivity index (χ1) is 13.4. The fraction of sp³-hybridized carbons (Fsp3) is 0.227. The van der Waals surface area contributed by atoms with Crippen LogP contribution in [-0.2, 0) is 11.2 Å². The lowest BCUT2D eigenvalue weighted by Gasteiger charge is -2.18. The number of aromatic nitrogens is 1. The van der Waals surface area contributed by atoms with Crippen molar-refractivity contribution in [2.24, 2.45) is 0 Å². The highest BCUT2D eigenvalue weighted by Crippen LogP contribution is 2.34. The summed E-state index contributed by atoms with van der Waals surface area (Å²) in [6.07, 6.45) is 0.822. The molecule has 0 fully saturated rings. The Labute approximate surface area is 168 Å². The molecule has 1 N–H and O–H groups in total. The van der Waals surface area contributed by atoms with Gasteiger partial charge in [0.25, 0.3) is 5.91 Å². The van der Waals surface area contributed by atoms with E-state index in [0.717, 1.165) is 39.5 Å². The summed E-state index contributed by atoms with van der Waals surface area (Å²) in [4.78, 5) is 30.9. The highest BCUT2D eigenvalue weighted by atomic mass is 32.1. The van der Waals surface area contributed by atoms with E-state index in [1.807, 2.05) is 43.0 Å². The number of anilines is 2. The summed E-state index contributed by atoms with van der Waals surface area (Å²) in [6, 6.07) is 11.6. The SMILES string of the molecule is CC(=O)Nc1cc(C(=O)N2CCc3cc(-c4csc(C)n4)ccc32)ccc1C. The Morgan fingerprint density at radius 2 is 1.96 bits per heavy atom. The molecule has 3 aromatic rings. The molecule has 1 aliphatic rings. The van der Waals surface area contributed by atoms with Crippen molar-refractivity contribution in [2.45, 2.75) is 27.2 Å². The van der Waals surface area contributed by atoms with E-state index >= 15 is 0 Å². The van der Waals surface area contributed by atoms with Crippen molar-refractivity contribution in [2.75, 3.05) is 16.8 Å². The first-order valence-electron chi connectivity index (χ1n) is 9.18. The number of nitrogens with zero attached hydrogens (tertiary/aromatic N) is 2. The highest BCUT2D eigenvalue weighted by Gasteiger charge is 2.26. The molecule has 142 valence electrons. The summed E-state index contributed by atoms with van der Waals surface area (Å²) in [5, 5.41) is 5.89. The van der Waals surface area contributed by atoms with Gasteiger partial charge >= 0.3 is 0 Å². The van der Waals surface area contributed by atoms with E-state index < -0.39 is 0 Å². The van der Waals surface area contributed by atoms with Crippen molar-refractivity contribution in [3.63, 3.8) is 0 Å². The molecule has 0 saturated heterocycles. The zero-order valence-corrected chi connectivity index (χ0v) is 16.9. The molecule has 4 rings (SSSR count). The molecule has 1 aromatic heterocycles. The van der Waals surface area contributed by atoms with Crippen molar-refractivity contribution in [3.05, 3.63) is 63.5 Å². The lowest BCUT2D eigenvalue weighted by atomic mass is 10.1. The number of nitrogens with one attached hydrogen (secondary N) is 1. The Bertz CT molecular complexity index is 1090. The minimum atomic E-state index is -0.149. The number of fused-ring (bicyclic) bond motifs is 1. The molecule has 0 bridgehead atoms. The molecule has 2 amide bonds. The Hall–Kier alpha value is -2.99. The molecule has 1 aliphatic heterocycles. The number of amides is 2. The molecule has 0 aliphatic carbocycles. The van der Waals surface area contributed by atoms with Gasteiger partial charge in [0.15, 0.2) is 0 Å².